The molecule has 4 rings (SSSR count). The van der Waals surface area contributed by atoms with Crippen molar-refractivity contribution in [3.8, 4) is 0 Å². The van der Waals surface area contributed by atoms with Crippen LogP contribution in [0.5, 0.6) is 0 Å². The Labute approximate surface area is 170 Å². The summed E-state index contributed by atoms with van der Waals surface area (Å²) in [7, 11) is 0. The molecule has 0 aromatic heterocycles. The molecule has 0 radical (unpaired) electrons. The molecule has 3 aliphatic rings. The Bertz CT molecular complexity index is 628. The zero-order chi connectivity index (χ0) is 19.3. The summed E-state index contributed by atoms with van der Waals surface area (Å²) in [6.07, 6.45) is 10.8. The minimum absolute atomic E-state index is 0.240. The average Bonchev–Trinajstić information content (AvgIpc) is 3.03. The zero-order valence-electron chi connectivity index (χ0n) is 17.3. The molecule has 28 heavy (non-hydrogen) atoms. The molecule has 1 unspecified atom stereocenters. The van der Waals surface area contributed by atoms with Crippen molar-refractivity contribution >= 4 is 5.91 Å². The number of hydrogen-bond donors (Lipinski definition) is 1. The first-order chi connectivity index (χ1) is 13.7. The first-order valence-electron chi connectivity index (χ1n) is 11.5. The summed E-state index contributed by atoms with van der Waals surface area (Å²) in [5, 5.41) is 0. The van der Waals surface area contributed by atoms with Crippen molar-refractivity contribution in [3.63, 3.8) is 0 Å². The largest absolute Gasteiger partial charge is 0.337 e. The summed E-state index contributed by atoms with van der Waals surface area (Å²) in [5.74, 6) is 1.31. The van der Waals surface area contributed by atoms with Gasteiger partial charge in [-0.05, 0) is 62.5 Å². The van der Waals surface area contributed by atoms with Crippen LogP contribution >= 0.6 is 0 Å². The van der Waals surface area contributed by atoms with E-state index in [-0.39, 0.29) is 11.9 Å². The third kappa shape index (κ3) is 4.60. The Balaban J connectivity index is 1.37. The van der Waals surface area contributed by atoms with Gasteiger partial charge in [0.1, 0.15) is 0 Å². The van der Waals surface area contributed by atoms with Gasteiger partial charge < -0.3 is 15.5 Å². The first kappa shape index (κ1) is 19.9. The van der Waals surface area contributed by atoms with Gasteiger partial charge in [0.15, 0.2) is 0 Å². The third-order valence-electron chi connectivity index (χ3n) is 7.47. The number of hydrogen-bond acceptors (Lipinski definition) is 3. The maximum absolute atomic E-state index is 13.3. The van der Waals surface area contributed by atoms with Gasteiger partial charge in [-0.3, -0.25) is 4.79 Å². The van der Waals surface area contributed by atoms with Crippen molar-refractivity contribution in [2.45, 2.75) is 69.9 Å². The van der Waals surface area contributed by atoms with Gasteiger partial charge in [0.2, 0.25) is 5.91 Å². The van der Waals surface area contributed by atoms with Gasteiger partial charge in [0.05, 0.1) is 6.04 Å². The van der Waals surface area contributed by atoms with E-state index in [2.05, 4.69) is 40.1 Å². The first-order valence-corrected chi connectivity index (χ1v) is 11.5. The van der Waals surface area contributed by atoms with Crippen molar-refractivity contribution in [2.75, 3.05) is 26.2 Å². The molecular formula is C24H37N3O. The highest BCUT2D eigenvalue weighted by Crippen LogP contribution is 2.33. The van der Waals surface area contributed by atoms with Crippen molar-refractivity contribution < 1.29 is 4.79 Å². The van der Waals surface area contributed by atoms with Gasteiger partial charge in [-0.2, -0.15) is 0 Å². The minimum Gasteiger partial charge on any atom is -0.337 e. The van der Waals surface area contributed by atoms with E-state index in [1.807, 2.05) is 0 Å². The molecule has 0 bridgehead atoms. The summed E-state index contributed by atoms with van der Waals surface area (Å²) < 4.78 is 0. The van der Waals surface area contributed by atoms with Crippen LogP contribution in [0, 0.1) is 11.8 Å². The maximum atomic E-state index is 13.3. The molecule has 1 aromatic rings. The molecule has 2 aliphatic heterocycles. The zero-order valence-corrected chi connectivity index (χ0v) is 17.3. The number of benzene rings is 1. The number of amides is 1. The normalized spacial score (nSPS) is 28.0. The van der Waals surface area contributed by atoms with Crippen LogP contribution in [0.15, 0.2) is 30.3 Å². The van der Waals surface area contributed by atoms with E-state index in [0.29, 0.717) is 17.9 Å². The van der Waals surface area contributed by atoms with Gasteiger partial charge >= 0.3 is 0 Å². The van der Waals surface area contributed by atoms with Crippen LogP contribution in [0.4, 0.5) is 0 Å². The van der Waals surface area contributed by atoms with Gasteiger partial charge in [-0.15, -0.1) is 0 Å². The van der Waals surface area contributed by atoms with Crippen LogP contribution < -0.4 is 5.73 Å². The molecule has 1 saturated carbocycles. The molecule has 1 amide bonds. The standard InChI is InChI=1S/C24H37N3O/c25-23(21-10-5-2-6-11-21)24(28)27-17-14-20-12-7-15-26(18-22(20)27)16-13-19-8-3-1-4-9-19/h1,3-4,8-9,20-23H,2,5-7,10-18,25H2/t20?,22-,23+/m1/s1. The lowest BCUT2D eigenvalue weighted by molar-refractivity contribution is -0.135. The SMILES string of the molecule is N[C@H](C(=O)N1CCC2CCCN(CCc3ccccc3)C[C@H]21)C1CCCCC1. The summed E-state index contributed by atoms with van der Waals surface area (Å²) in [6.45, 7) is 4.20. The highest BCUT2D eigenvalue weighted by Gasteiger charge is 2.41. The monoisotopic (exact) mass is 383 g/mol. The van der Waals surface area contributed by atoms with Crippen LogP contribution in [0.3, 0.4) is 0 Å². The number of nitrogens with zero attached hydrogens (tertiary/aromatic N) is 2. The van der Waals surface area contributed by atoms with E-state index in [9.17, 15) is 4.79 Å². The molecule has 2 N–H and O–H groups in total. The Morgan fingerprint density at radius 2 is 1.79 bits per heavy atom. The van der Waals surface area contributed by atoms with E-state index in [1.54, 1.807) is 0 Å². The number of carbonyl (C=O) groups excluding carboxylic acids is 1. The Morgan fingerprint density at radius 1 is 1.00 bits per heavy atom. The molecule has 154 valence electrons. The lowest BCUT2D eigenvalue weighted by Crippen LogP contribution is -2.53. The fourth-order valence-electron chi connectivity index (χ4n) is 5.73. The quantitative estimate of drug-likeness (QED) is 0.847. The summed E-state index contributed by atoms with van der Waals surface area (Å²) in [4.78, 5) is 18.1. The van der Waals surface area contributed by atoms with E-state index in [0.717, 1.165) is 45.4 Å². The number of likely N-dealkylation sites (tertiary alicyclic amines) is 2. The Kier molecular flexibility index (Phi) is 6.69. The number of rotatable bonds is 5. The van der Waals surface area contributed by atoms with E-state index in [1.165, 1.54) is 44.1 Å². The van der Waals surface area contributed by atoms with Crippen LogP contribution in [0.1, 0.15) is 56.9 Å². The second-order valence-corrected chi connectivity index (χ2v) is 9.25. The molecule has 4 nitrogen and oxygen atoms in total. The smallest absolute Gasteiger partial charge is 0.240 e. The number of nitrogens with two attached hydrogens (primary N) is 1. The lowest BCUT2D eigenvalue weighted by atomic mass is 9.83. The second-order valence-electron chi connectivity index (χ2n) is 9.25. The number of fused-ring (bicyclic) bond motifs is 1. The molecule has 3 fully saturated rings. The van der Waals surface area contributed by atoms with Crippen molar-refractivity contribution in [2.24, 2.45) is 17.6 Å². The molecule has 1 aromatic carbocycles. The van der Waals surface area contributed by atoms with Crippen LogP contribution in [-0.4, -0.2) is 54.0 Å². The lowest BCUT2D eigenvalue weighted by Gasteiger charge is -2.35. The fraction of sp³-hybridized carbons (Fsp3) is 0.708. The third-order valence-corrected chi connectivity index (χ3v) is 7.47. The highest BCUT2D eigenvalue weighted by atomic mass is 16.2. The van der Waals surface area contributed by atoms with Crippen molar-refractivity contribution in [3.05, 3.63) is 35.9 Å². The maximum Gasteiger partial charge on any atom is 0.240 e. The van der Waals surface area contributed by atoms with Gasteiger partial charge in [0.25, 0.3) is 0 Å². The molecular weight excluding hydrogens is 346 g/mol. The summed E-state index contributed by atoms with van der Waals surface area (Å²) in [5.41, 5.74) is 7.90. The van der Waals surface area contributed by atoms with Crippen LogP contribution in [0.2, 0.25) is 0 Å². The highest BCUT2D eigenvalue weighted by molar-refractivity contribution is 5.82. The summed E-state index contributed by atoms with van der Waals surface area (Å²) >= 11 is 0. The van der Waals surface area contributed by atoms with E-state index >= 15 is 0 Å². The van der Waals surface area contributed by atoms with Gasteiger partial charge in [-0.1, -0.05) is 49.6 Å². The predicted molar refractivity (Wildman–Crippen MR) is 114 cm³/mol. The Hall–Kier alpha value is -1.39. The Morgan fingerprint density at radius 3 is 2.57 bits per heavy atom. The van der Waals surface area contributed by atoms with Crippen molar-refractivity contribution in [1.29, 1.82) is 0 Å². The van der Waals surface area contributed by atoms with Crippen LogP contribution in [-0.2, 0) is 11.2 Å². The summed E-state index contributed by atoms with van der Waals surface area (Å²) in [6, 6.07) is 10.9. The molecule has 2 saturated heterocycles. The second kappa shape index (κ2) is 9.41. The molecule has 4 heteroatoms. The number of carbonyl (C=O) groups is 1. The molecule has 0 spiro atoms. The molecule has 2 heterocycles. The topological polar surface area (TPSA) is 49.6 Å². The van der Waals surface area contributed by atoms with Gasteiger partial charge in [0, 0.05) is 25.7 Å². The minimum atomic E-state index is -0.278. The van der Waals surface area contributed by atoms with E-state index < -0.39 is 0 Å². The predicted octanol–water partition coefficient (Wildman–Crippen LogP) is 3.45. The average molecular weight is 384 g/mol. The van der Waals surface area contributed by atoms with Gasteiger partial charge in [-0.25, -0.2) is 0 Å². The van der Waals surface area contributed by atoms with Crippen LogP contribution in [0.25, 0.3) is 0 Å². The van der Waals surface area contributed by atoms with E-state index in [4.69, 9.17) is 5.73 Å². The fourth-order valence-corrected chi connectivity index (χ4v) is 5.73. The molecule has 3 atom stereocenters. The molecule has 1 aliphatic carbocycles. The van der Waals surface area contributed by atoms with Crippen molar-refractivity contribution in [1.82, 2.24) is 9.80 Å².